The zero-order chi connectivity index (χ0) is 44.5. The molecule has 0 saturated carbocycles. The molecule has 330 valence electrons. The number of hydrogen-bond acceptors (Lipinski definition) is 12. The van der Waals surface area contributed by atoms with Crippen molar-refractivity contribution < 1.29 is 37.5 Å². The fourth-order valence-corrected chi connectivity index (χ4v) is 9.27. The van der Waals surface area contributed by atoms with Crippen LogP contribution in [0.15, 0.2) is 61.4 Å². The van der Waals surface area contributed by atoms with E-state index < -0.39 is 47.2 Å². The van der Waals surface area contributed by atoms with Crippen molar-refractivity contribution in [1.82, 2.24) is 30.0 Å². The molecule has 5 heterocycles. The minimum Gasteiger partial charge on any atom is -0.491 e. The number of nitrogens with one attached hydrogen (secondary N) is 3. The summed E-state index contributed by atoms with van der Waals surface area (Å²) in [7, 11) is 0. The van der Waals surface area contributed by atoms with Gasteiger partial charge in [0.15, 0.2) is 0 Å². The van der Waals surface area contributed by atoms with E-state index in [1.54, 1.807) is 18.2 Å². The Morgan fingerprint density at radius 2 is 1.70 bits per heavy atom. The zero-order valence-electron chi connectivity index (χ0n) is 35.0. The Bertz CT molecular complexity index is 2490. The molecule has 3 unspecified atom stereocenters. The van der Waals surface area contributed by atoms with Gasteiger partial charge >= 0.3 is 0 Å². The number of likely N-dealkylation sites (tertiary alicyclic amines) is 1. The van der Waals surface area contributed by atoms with Crippen molar-refractivity contribution in [2.24, 2.45) is 5.92 Å². The Morgan fingerprint density at radius 1 is 0.968 bits per heavy atom. The fourth-order valence-electron chi connectivity index (χ4n) is 9.09. The smallest absolute Gasteiger partial charge is 0.262 e. The summed E-state index contributed by atoms with van der Waals surface area (Å²) in [6, 6.07) is 9.33. The summed E-state index contributed by atoms with van der Waals surface area (Å²) in [6.45, 7) is 12.9. The second kappa shape index (κ2) is 18.4. The number of carbonyl (C=O) groups excluding carboxylic acids is 5. The molecule has 3 aromatic carbocycles. The lowest BCUT2D eigenvalue weighted by Gasteiger charge is -2.47. The number of halogens is 3. The van der Waals surface area contributed by atoms with Crippen molar-refractivity contribution in [1.29, 1.82) is 0 Å². The maximum atomic E-state index is 15.7. The third-order valence-corrected chi connectivity index (χ3v) is 12.7. The third kappa shape index (κ3) is 9.22. The molecule has 0 spiro atoms. The summed E-state index contributed by atoms with van der Waals surface area (Å²) in [5.74, 6) is -2.73. The molecule has 63 heavy (non-hydrogen) atoms. The van der Waals surface area contributed by atoms with Crippen LogP contribution < -0.4 is 25.6 Å². The van der Waals surface area contributed by atoms with E-state index in [9.17, 15) is 28.4 Å². The van der Waals surface area contributed by atoms with Crippen molar-refractivity contribution in [3.8, 4) is 5.75 Å². The SMILES string of the molecule is C=CC(=O)Nc1cc2c(Nc3ccc(F)c(Cl)c3)ncnc2cc1OCCCN1CCC(CN2C(C)CN(c3cc4c(cc3F)C(=O)N(C3CCC(=O)NC3=O)C4=O)CC2C)CC1. The summed E-state index contributed by atoms with van der Waals surface area (Å²) >= 11 is 5.98. The number of imide groups is 2. The van der Waals surface area contributed by atoms with E-state index in [4.69, 9.17) is 16.3 Å². The highest BCUT2D eigenvalue weighted by Crippen LogP contribution is 2.36. The van der Waals surface area contributed by atoms with Crippen LogP contribution in [-0.4, -0.2) is 118 Å². The van der Waals surface area contributed by atoms with Gasteiger partial charge in [0.25, 0.3) is 11.8 Å². The van der Waals surface area contributed by atoms with E-state index in [0.29, 0.717) is 59.5 Å². The van der Waals surface area contributed by atoms with E-state index in [2.05, 4.69) is 56.1 Å². The van der Waals surface area contributed by atoms with Gasteiger partial charge in [0.1, 0.15) is 35.6 Å². The Morgan fingerprint density at radius 3 is 2.40 bits per heavy atom. The minimum absolute atomic E-state index is 0.00554. The normalized spacial score (nSPS) is 21.1. The molecule has 18 heteroatoms. The number of benzene rings is 3. The zero-order valence-corrected chi connectivity index (χ0v) is 35.7. The van der Waals surface area contributed by atoms with Crippen molar-refractivity contribution in [3.63, 3.8) is 0 Å². The second-order valence-corrected chi connectivity index (χ2v) is 17.0. The number of carbonyl (C=O) groups is 5. The highest BCUT2D eigenvalue weighted by atomic mass is 35.5. The number of piperidine rings is 2. The average molecular weight is 884 g/mol. The molecule has 3 atom stereocenters. The van der Waals surface area contributed by atoms with Crippen LogP contribution in [0.3, 0.4) is 0 Å². The predicted molar refractivity (Wildman–Crippen MR) is 233 cm³/mol. The highest BCUT2D eigenvalue weighted by molar-refractivity contribution is 6.31. The van der Waals surface area contributed by atoms with Crippen LogP contribution in [0.25, 0.3) is 10.9 Å². The predicted octanol–water partition coefficient (Wildman–Crippen LogP) is 5.91. The molecule has 15 nitrogen and oxygen atoms in total. The van der Waals surface area contributed by atoms with Gasteiger partial charge in [-0.05, 0) is 101 Å². The molecule has 3 N–H and O–H groups in total. The molecular weight excluding hydrogens is 836 g/mol. The van der Waals surface area contributed by atoms with Gasteiger partial charge in [-0.15, -0.1) is 0 Å². The van der Waals surface area contributed by atoms with E-state index in [0.717, 1.165) is 56.4 Å². The number of anilines is 4. The van der Waals surface area contributed by atoms with Crippen LogP contribution in [0.4, 0.5) is 31.7 Å². The van der Waals surface area contributed by atoms with E-state index in [-0.39, 0.29) is 46.8 Å². The van der Waals surface area contributed by atoms with Crippen LogP contribution in [0.2, 0.25) is 5.02 Å². The quantitative estimate of drug-likeness (QED) is 0.0826. The summed E-state index contributed by atoms with van der Waals surface area (Å²) in [6.07, 6.45) is 5.43. The first-order chi connectivity index (χ1) is 30.3. The molecule has 3 fully saturated rings. The molecule has 4 aromatic rings. The van der Waals surface area contributed by atoms with E-state index in [1.165, 1.54) is 30.6 Å². The molecule has 3 saturated heterocycles. The molecule has 5 amide bonds. The van der Waals surface area contributed by atoms with Gasteiger partial charge < -0.3 is 25.2 Å². The summed E-state index contributed by atoms with van der Waals surface area (Å²) in [5, 5.41) is 8.72. The lowest BCUT2D eigenvalue weighted by Crippen LogP contribution is -2.58. The van der Waals surface area contributed by atoms with E-state index >= 15 is 4.39 Å². The number of fused-ring (bicyclic) bond motifs is 2. The molecule has 1 aromatic heterocycles. The number of hydrogen-bond donors (Lipinski definition) is 3. The average Bonchev–Trinajstić information content (AvgIpc) is 3.49. The molecule has 0 radical (unpaired) electrons. The van der Waals surface area contributed by atoms with Crippen molar-refractivity contribution in [2.75, 3.05) is 61.4 Å². The first-order valence-electron chi connectivity index (χ1n) is 21.1. The van der Waals surface area contributed by atoms with Gasteiger partial charge in [0.05, 0.1) is 39.6 Å². The van der Waals surface area contributed by atoms with Crippen molar-refractivity contribution in [3.05, 3.63) is 89.2 Å². The maximum absolute atomic E-state index is 15.7. The Kier molecular flexibility index (Phi) is 12.7. The molecule has 8 rings (SSSR count). The number of rotatable bonds is 13. The van der Waals surface area contributed by atoms with Crippen LogP contribution in [0.1, 0.15) is 66.7 Å². The molecular formula is C45H48ClF2N9O6. The first-order valence-corrected chi connectivity index (χ1v) is 21.5. The van der Waals surface area contributed by atoms with Gasteiger partial charge in [0.2, 0.25) is 17.7 Å². The molecule has 4 aliphatic heterocycles. The summed E-state index contributed by atoms with van der Waals surface area (Å²) < 4.78 is 35.7. The lowest BCUT2D eigenvalue weighted by molar-refractivity contribution is -0.136. The molecule has 0 bridgehead atoms. The van der Waals surface area contributed by atoms with Crippen LogP contribution >= 0.6 is 11.6 Å². The van der Waals surface area contributed by atoms with Crippen LogP contribution in [0, 0.1) is 17.6 Å². The highest BCUT2D eigenvalue weighted by Gasteiger charge is 2.46. The number of amides is 5. The Balaban J connectivity index is 0.827. The van der Waals surface area contributed by atoms with E-state index in [1.807, 2.05) is 4.90 Å². The number of nitrogens with zero attached hydrogens (tertiary/aromatic N) is 6. The Labute approximate surface area is 367 Å². The maximum Gasteiger partial charge on any atom is 0.262 e. The largest absolute Gasteiger partial charge is 0.491 e. The van der Waals surface area contributed by atoms with Gasteiger partial charge in [-0.25, -0.2) is 18.7 Å². The number of piperazine rings is 1. The monoisotopic (exact) mass is 883 g/mol. The van der Waals surface area contributed by atoms with Crippen LogP contribution in [0.5, 0.6) is 5.75 Å². The van der Waals surface area contributed by atoms with Gasteiger partial charge in [-0.1, -0.05) is 18.2 Å². The standard InChI is InChI=1S/C45H48ClF2N9O6/c1-4-40(58)52-36-18-31-35(49-24-50-42(31)51-28-6-7-33(47)32(46)16-28)20-39(36)63-15-5-12-54-13-10-27(11-14-54)23-56-25(2)21-55(22-26(56)3)38-19-30-29(17-34(38)48)44(61)57(45(30)62)37-8-9-41(59)53-43(37)60/h4,6-7,16-20,24-27,37H,1,5,8-15,21-23H2,2-3H3,(H,52,58)(H,49,50,51)(H,53,59,60). The summed E-state index contributed by atoms with van der Waals surface area (Å²) in [4.78, 5) is 79.7. The van der Waals surface area contributed by atoms with Gasteiger partial charge in [-0.3, -0.25) is 39.1 Å². The third-order valence-electron chi connectivity index (χ3n) is 12.4. The van der Waals surface area contributed by atoms with Gasteiger partial charge in [0, 0.05) is 61.8 Å². The van der Waals surface area contributed by atoms with Crippen molar-refractivity contribution >= 4 is 74.9 Å². The summed E-state index contributed by atoms with van der Waals surface area (Å²) in [5.41, 5.74) is 1.76. The minimum atomic E-state index is -1.12. The molecule has 4 aliphatic rings. The van der Waals surface area contributed by atoms with Gasteiger partial charge in [-0.2, -0.15) is 0 Å². The molecule has 0 aliphatic carbocycles. The number of aromatic nitrogens is 2. The fraction of sp³-hybridized carbons (Fsp3) is 0.400. The van der Waals surface area contributed by atoms with Crippen molar-refractivity contribution in [2.45, 2.75) is 64.1 Å². The topological polar surface area (TPSA) is 169 Å². The Hall–Kier alpha value is -6.04. The number of ether oxygens (including phenoxy) is 1. The second-order valence-electron chi connectivity index (χ2n) is 16.6. The van der Waals surface area contributed by atoms with Crippen LogP contribution in [-0.2, 0) is 14.4 Å². The first kappa shape index (κ1) is 43.6. The lowest BCUT2D eigenvalue weighted by atomic mass is 9.94.